The van der Waals surface area contributed by atoms with Crippen LogP contribution in [-0.2, 0) is 15.6 Å². The van der Waals surface area contributed by atoms with E-state index in [0.29, 0.717) is 34.8 Å². The smallest absolute Gasteiger partial charge is 0.162 e. The lowest BCUT2D eigenvalue weighted by molar-refractivity contribution is 0.00977. The first kappa shape index (κ1) is 38.9. The molecule has 254 valence electrons. The van der Waals surface area contributed by atoms with Gasteiger partial charge in [-0.1, -0.05) is 144 Å². The van der Waals surface area contributed by atoms with Gasteiger partial charge in [0.15, 0.2) is 5.78 Å². The van der Waals surface area contributed by atoms with Crippen molar-refractivity contribution in [2.24, 2.45) is 0 Å². The normalized spacial score (nSPS) is 15.4. The van der Waals surface area contributed by atoms with Gasteiger partial charge >= 0.3 is 0 Å². The number of para-hydroxylation sites is 1. The number of benzene rings is 2. The van der Waals surface area contributed by atoms with Crippen molar-refractivity contribution in [1.29, 1.82) is 0 Å². The molecule has 0 saturated carbocycles. The molecule has 4 heteroatoms. The van der Waals surface area contributed by atoms with Crippen LogP contribution in [0.15, 0.2) is 30.3 Å². The van der Waals surface area contributed by atoms with Gasteiger partial charge in [-0.2, -0.15) is 0 Å². The maximum atomic E-state index is 12.4. The van der Waals surface area contributed by atoms with Gasteiger partial charge in [0.25, 0.3) is 0 Å². The van der Waals surface area contributed by atoms with Crippen molar-refractivity contribution in [1.82, 2.24) is 0 Å². The van der Waals surface area contributed by atoms with Crippen molar-refractivity contribution in [3.05, 3.63) is 47.0 Å². The third kappa shape index (κ3) is 13.1. The standard InChI is InChI=1S/C23H30O3.C18H36O/c1-8-19(24)14-12-16(21(26)18(13-14)23(5,6)7)15-10-9-11-17(20(15)25)22(2,3)4;1-2-3-4-5-6-7-8-9-10-11-12-15-18-16-13-14-17-19-18/h9-13,25-26H,8H2,1-7H3;18H,2-17H2,1H3. The average molecular weight is 623 g/mol. The summed E-state index contributed by atoms with van der Waals surface area (Å²) in [4.78, 5) is 12.4. The van der Waals surface area contributed by atoms with Crippen LogP contribution in [0.25, 0.3) is 11.1 Å². The van der Waals surface area contributed by atoms with Crippen molar-refractivity contribution >= 4 is 5.78 Å². The van der Waals surface area contributed by atoms with E-state index in [1.807, 2.05) is 60.6 Å². The van der Waals surface area contributed by atoms with E-state index in [2.05, 4.69) is 6.92 Å². The summed E-state index contributed by atoms with van der Waals surface area (Å²) in [7, 11) is 0. The number of phenolic OH excluding ortho intramolecular Hbond substituents is 2. The number of ketones is 1. The lowest BCUT2D eigenvalue weighted by Gasteiger charge is -2.25. The van der Waals surface area contributed by atoms with E-state index in [9.17, 15) is 15.0 Å². The molecule has 1 atom stereocenters. The summed E-state index contributed by atoms with van der Waals surface area (Å²) >= 11 is 0. The molecule has 0 radical (unpaired) electrons. The second-order valence-electron chi connectivity index (χ2n) is 15.2. The molecule has 0 spiro atoms. The lowest BCUT2D eigenvalue weighted by Crippen LogP contribution is -2.18. The molecule has 0 aliphatic carbocycles. The highest BCUT2D eigenvalue weighted by atomic mass is 16.5. The molecule has 3 rings (SSSR count). The van der Waals surface area contributed by atoms with E-state index in [0.717, 1.165) is 12.2 Å². The Hall–Kier alpha value is -2.33. The SMILES string of the molecule is CCC(=O)c1cc(-c2cccc(C(C)(C)C)c2O)c(O)c(C(C)(C)C)c1.CCCCCCCCCCCCCC1CCCCO1. The van der Waals surface area contributed by atoms with Crippen LogP contribution in [0, 0.1) is 0 Å². The van der Waals surface area contributed by atoms with E-state index in [4.69, 9.17) is 4.74 Å². The molecule has 1 aliphatic rings. The number of carbonyl (C=O) groups is 1. The maximum absolute atomic E-state index is 12.4. The molecule has 1 heterocycles. The van der Waals surface area contributed by atoms with Crippen molar-refractivity contribution in [3.63, 3.8) is 0 Å². The van der Waals surface area contributed by atoms with E-state index >= 15 is 0 Å². The quantitative estimate of drug-likeness (QED) is 0.153. The summed E-state index contributed by atoms with van der Waals surface area (Å²) < 4.78 is 5.77. The second-order valence-corrected chi connectivity index (χ2v) is 15.2. The Morgan fingerprint density at radius 3 is 1.80 bits per heavy atom. The van der Waals surface area contributed by atoms with Gasteiger partial charge in [0.2, 0.25) is 0 Å². The minimum atomic E-state index is -0.333. The van der Waals surface area contributed by atoms with Gasteiger partial charge in [-0.05, 0) is 54.2 Å². The Balaban J connectivity index is 0.000000330. The fourth-order valence-electron chi connectivity index (χ4n) is 6.21. The molecule has 0 bridgehead atoms. The van der Waals surface area contributed by atoms with Gasteiger partial charge in [0.05, 0.1) is 6.10 Å². The number of phenols is 2. The number of ether oxygens (including phenoxy) is 1. The van der Waals surface area contributed by atoms with Crippen LogP contribution in [0.4, 0.5) is 0 Å². The molecule has 1 fully saturated rings. The van der Waals surface area contributed by atoms with E-state index in [-0.39, 0.29) is 28.1 Å². The first-order chi connectivity index (χ1) is 21.3. The predicted molar refractivity (Wildman–Crippen MR) is 192 cm³/mol. The Kier molecular flexibility index (Phi) is 16.7. The Labute approximate surface area is 276 Å². The van der Waals surface area contributed by atoms with Crippen LogP contribution in [0.3, 0.4) is 0 Å². The van der Waals surface area contributed by atoms with Gasteiger partial charge in [0, 0.05) is 35.3 Å². The fraction of sp³-hybridized carbons (Fsp3) is 0.683. The highest BCUT2D eigenvalue weighted by Gasteiger charge is 2.26. The first-order valence-corrected chi connectivity index (χ1v) is 18.2. The zero-order valence-corrected chi connectivity index (χ0v) is 30.2. The van der Waals surface area contributed by atoms with Crippen LogP contribution in [0.2, 0.25) is 0 Å². The summed E-state index contributed by atoms with van der Waals surface area (Å²) in [5.41, 5.74) is 2.54. The van der Waals surface area contributed by atoms with Crippen LogP contribution in [0.1, 0.15) is 180 Å². The highest BCUT2D eigenvalue weighted by Crippen LogP contribution is 2.45. The van der Waals surface area contributed by atoms with E-state index in [1.165, 1.54) is 96.3 Å². The van der Waals surface area contributed by atoms with Crippen LogP contribution >= 0.6 is 0 Å². The van der Waals surface area contributed by atoms with E-state index < -0.39 is 0 Å². The summed E-state index contributed by atoms with van der Waals surface area (Å²) in [5, 5.41) is 21.8. The maximum Gasteiger partial charge on any atom is 0.162 e. The zero-order chi connectivity index (χ0) is 33.5. The first-order valence-electron chi connectivity index (χ1n) is 18.2. The van der Waals surface area contributed by atoms with Crippen LogP contribution in [0.5, 0.6) is 11.5 Å². The highest BCUT2D eigenvalue weighted by molar-refractivity contribution is 5.98. The van der Waals surface area contributed by atoms with Gasteiger partial charge in [-0.15, -0.1) is 0 Å². The Morgan fingerprint density at radius 1 is 0.733 bits per heavy atom. The molecule has 0 amide bonds. The number of unbranched alkanes of at least 4 members (excludes halogenated alkanes) is 10. The summed E-state index contributed by atoms with van der Waals surface area (Å²) in [6, 6.07) is 9.02. The number of Topliss-reactive ketones (excluding diaryl/α,β-unsaturated/α-hetero) is 1. The van der Waals surface area contributed by atoms with Gasteiger partial charge in [0.1, 0.15) is 11.5 Å². The van der Waals surface area contributed by atoms with Crippen LogP contribution < -0.4 is 0 Å². The van der Waals surface area contributed by atoms with Gasteiger partial charge in [-0.25, -0.2) is 0 Å². The predicted octanol–water partition coefficient (Wildman–Crippen LogP) is 12.2. The fourth-order valence-corrected chi connectivity index (χ4v) is 6.21. The zero-order valence-electron chi connectivity index (χ0n) is 30.2. The summed E-state index contributed by atoms with van der Waals surface area (Å²) in [6.45, 7) is 17.2. The van der Waals surface area contributed by atoms with E-state index in [1.54, 1.807) is 18.2 Å². The minimum absolute atomic E-state index is 0.0169. The Morgan fingerprint density at radius 2 is 1.29 bits per heavy atom. The summed E-state index contributed by atoms with van der Waals surface area (Å²) in [5.74, 6) is 0.283. The number of aromatic hydroxyl groups is 2. The van der Waals surface area contributed by atoms with Crippen molar-refractivity contribution in [2.75, 3.05) is 6.61 Å². The number of hydrogen-bond acceptors (Lipinski definition) is 4. The lowest BCUT2D eigenvalue weighted by atomic mass is 9.80. The molecule has 2 aromatic carbocycles. The minimum Gasteiger partial charge on any atom is -0.507 e. The largest absolute Gasteiger partial charge is 0.507 e. The molecule has 0 aromatic heterocycles. The van der Waals surface area contributed by atoms with Crippen molar-refractivity contribution in [2.45, 2.75) is 175 Å². The van der Waals surface area contributed by atoms with Crippen LogP contribution in [-0.4, -0.2) is 28.7 Å². The third-order valence-corrected chi connectivity index (χ3v) is 9.10. The Bertz CT molecular complexity index is 1150. The van der Waals surface area contributed by atoms with Crippen molar-refractivity contribution < 1.29 is 19.7 Å². The molecule has 4 nitrogen and oxygen atoms in total. The molecule has 1 aliphatic heterocycles. The number of hydrogen-bond donors (Lipinski definition) is 2. The molecular formula is C41H66O4. The second kappa shape index (κ2) is 19.4. The third-order valence-electron chi connectivity index (χ3n) is 9.10. The monoisotopic (exact) mass is 622 g/mol. The average Bonchev–Trinajstić information content (AvgIpc) is 2.99. The topological polar surface area (TPSA) is 66.8 Å². The molecule has 1 unspecified atom stereocenters. The molecule has 2 aromatic rings. The number of carbonyl (C=O) groups excluding carboxylic acids is 1. The molecule has 2 N–H and O–H groups in total. The van der Waals surface area contributed by atoms with Gasteiger partial charge < -0.3 is 14.9 Å². The molecule has 45 heavy (non-hydrogen) atoms. The molecule has 1 saturated heterocycles. The van der Waals surface area contributed by atoms with Gasteiger partial charge in [-0.3, -0.25) is 4.79 Å². The molecular weight excluding hydrogens is 556 g/mol. The number of rotatable bonds is 15. The van der Waals surface area contributed by atoms with Crippen molar-refractivity contribution in [3.8, 4) is 22.6 Å². The summed E-state index contributed by atoms with van der Waals surface area (Å²) in [6.07, 6.45) is 22.1.